The van der Waals surface area contributed by atoms with E-state index in [0.717, 1.165) is 5.56 Å². The predicted octanol–water partition coefficient (Wildman–Crippen LogP) is 3.19. The molecule has 0 fully saturated rings. The molecule has 5 rings (SSSR count). The maximum atomic E-state index is 11.6. The van der Waals surface area contributed by atoms with Gasteiger partial charge in [-0.15, -0.1) is 0 Å². The van der Waals surface area contributed by atoms with Crippen LogP contribution >= 0.6 is 0 Å². The number of fused-ring (bicyclic) bond motifs is 1. The van der Waals surface area contributed by atoms with E-state index in [9.17, 15) is 4.79 Å². The molecule has 0 radical (unpaired) electrons. The third-order valence-electron chi connectivity index (χ3n) is 4.68. The summed E-state index contributed by atoms with van der Waals surface area (Å²) in [6, 6.07) is 7.35. The fourth-order valence-electron chi connectivity index (χ4n) is 3.42. The van der Waals surface area contributed by atoms with Crippen LogP contribution in [0.2, 0.25) is 0 Å². The highest BCUT2D eigenvalue weighted by Crippen LogP contribution is 2.32. The first-order valence-corrected chi connectivity index (χ1v) is 9.77. The lowest BCUT2D eigenvalue weighted by Gasteiger charge is -2.09. The number of oxazole rings is 1. The zero-order valence-electron chi connectivity index (χ0n) is 17.6. The van der Waals surface area contributed by atoms with Gasteiger partial charge in [-0.05, 0) is 19.1 Å². The maximum Gasteiger partial charge on any atom is 0.222 e. The zero-order chi connectivity index (χ0) is 22.2. The number of imidazole rings is 1. The number of carbonyl (C=O) groups is 1. The van der Waals surface area contributed by atoms with Gasteiger partial charge in [-0.2, -0.15) is 5.10 Å². The van der Waals surface area contributed by atoms with E-state index >= 15 is 0 Å². The normalized spacial score (nSPS) is 11.1. The summed E-state index contributed by atoms with van der Waals surface area (Å²) < 4.78 is 9.06. The molecule has 2 N–H and O–H groups in total. The van der Waals surface area contributed by atoms with Gasteiger partial charge < -0.3 is 15.1 Å². The van der Waals surface area contributed by atoms with Gasteiger partial charge in [-0.3, -0.25) is 13.9 Å². The third kappa shape index (κ3) is 3.67. The number of nitrogens with zero attached hydrogens (tertiary/aromatic N) is 7. The summed E-state index contributed by atoms with van der Waals surface area (Å²) in [6.45, 7) is 3.20. The molecular formula is C21H19N9O2. The highest BCUT2D eigenvalue weighted by molar-refractivity contribution is 5.88. The number of aromatic nitrogens is 7. The van der Waals surface area contributed by atoms with Crippen LogP contribution in [0, 0.1) is 6.92 Å². The Labute approximate surface area is 182 Å². The van der Waals surface area contributed by atoms with Gasteiger partial charge in [0.05, 0.1) is 11.9 Å². The second-order valence-corrected chi connectivity index (χ2v) is 7.19. The molecule has 0 bridgehead atoms. The Balaban J connectivity index is 1.72. The number of amides is 1. The topological polar surface area (TPSA) is 128 Å². The molecule has 0 saturated heterocycles. The van der Waals surface area contributed by atoms with Gasteiger partial charge in [0, 0.05) is 44.1 Å². The lowest BCUT2D eigenvalue weighted by molar-refractivity contribution is -0.114. The molecule has 5 aromatic heterocycles. The molecule has 1 amide bonds. The molecule has 0 saturated carbocycles. The van der Waals surface area contributed by atoms with E-state index in [-0.39, 0.29) is 5.91 Å². The van der Waals surface area contributed by atoms with Crippen molar-refractivity contribution in [3.05, 3.63) is 55.1 Å². The molecule has 5 aromatic rings. The number of pyridine rings is 1. The smallest absolute Gasteiger partial charge is 0.222 e. The van der Waals surface area contributed by atoms with Crippen LogP contribution in [-0.2, 0) is 11.8 Å². The largest absolute Gasteiger partial charge is 0.443 e. The molecule has 160 valence electrons. The van der Waals surface area contributed by atoms with Crippen LogP contribution in [-0.4, -0.2) is 40.0 Å². The summed E-state index contributed by atoms with van der Waals surface area (Å²) in [7, 11) is 1.84. The summed E-state index contributed by atoms with van der Waals surface area (Å²) in [4.78, 5) is 29.3. The van der Waals surface area contributed by atoms with Crippen LogP contribution in [0.15, 0.2) is 53.7 Å². The summed E-state index contributed by atoms with van der Waals surface area (Å²) in [6.07, 6.45) is 6.77. The number of hydrogen-bond donors (Lipinski definition) is 2. The highest BCUT2D eigenvalue weighted by Gasteiger charge is 2.19. The molecule has 11 heteroatoms. The second kappa shape index (κ2) is 7.61. The van der Waals surface area contributed by atoms with Crippen molar-refractivity contribution in [2.75, 3.05) is 10.6 Å². The number of hydrogen-bond acceptors (Lipinski definition) is 8. The molecular weight excluding hydrogens is 410 g/mol. The maximum absolute atomic E-state index is 11.6. The number of carbonyl (C=O) groups excluding carboxylic acids is 1. The van der Waals surface area contributed by atoms with E-state index in [1.165, 1.54) is 13.3 Å². The Morgan fingerprint density at radius 2 is 2.00 bits per heavy atom. The summed E-state index contributed by atoms with van der Waals surface area (Å²) >= 11 is 0. The minimum Gasteiger partial charge on any atom is -0.443 e. The number of nitrogens with one attached hydrogen (secondary N) is 2. The zero-order valence-corrected chi connectivity index (χ0v) is 17.6. The Hall–Kier alpha value is -4.54. The van der Waals surface area contributed by atoms with Crippen LogP contribution in [0.5, 0.6) is 0 Å². The lowest BCUT2D eigenvalue weighted by atomic mass is 10.2. The van der Waals surface area contributed by atoms with Crippen LogP contribution in [0.3, 0.4) is 0 Å². The Morgan fingerprint density at radius 1 is 1.12 bits per heavy atom. The van der Waals surface area contributed by atoms with Crippen LogP contribution in [0.1, 0.15) is 12.7 Å². The van der Waals surface area contributed by atoms with E-state index < -0.39 is 0 Å². The molecule has 0 unspecified atom stereocenters. The van der Waals surface area contributed by atoms with Gasteiger partial charge in [0.25, 0.3) is 0 Å². The molecule has 0 aromatic carbocycles. The molecule has 32 heavy (non-hydrogen) atoms. The van der Waals surface area contributed by atoms with Crippen LogP contribution < -0.4 is 10.6 Å². The first kappa shape index (κ1) is 19.4. The SMILES string of the molecule is CC(=O)Nc1cc(-c2c(Nc3ccn(C)n3)nc3ccc(-c4cnco4)cn23)nc(C)n1. The van der Waals surface area contributed by atoms with Gasteiger partial charge in [0.15, 0.2) is 23.8 Å². The third-order valence-corrected chi connectivity index (χ3v) is 4.68. The molecule has 0 aliphatic carbocycles. The molecule has 5 heterocycles. The van der Waals surface area contributed by atoms with Crippen molar-refractivity contribution in [1.82, 2.24) is 34.1 Å². The summed E-state index contributed by atoms with van der Waals surface area (Å²) in [5.74, 6) is 2.53. The Kier molecular flexibility index (Phi) is 4.62. The van der Waals surface area contributed by atoms with E-state index in [2.05, 4.69) is 30.7 Å². The van der Waals surface area contributed by atoms with Crippen molar-refractivity contribution in [3.63, 3.8) is 0 Å². The van der Waals surface area contributed by atoms with Crippen molar-refractivity contribution in [2.45, 2.75) is 13.8 Å². The van der Waals surface area contributed by atoms with Gasteiger partial charge in [-0.25, -0.2) is 19.9 Å². The van der Waals surface area contributed by atoms with Gasteiger partial charge >= 0.3 is 0 Å². The van der Waals surface area contributed by atoms with Gasteiger partial charge in [0.2, 0.25) is 5.91 Å². The fourth-order valence-corrected chi connectivity index (χ4v) is 3.42. The Bertz CT molecular complexity index is 1430. The van der Waals surface area contributed by atoms with Crippen molar-refractivity contribution in [1.29, 1.82) is 0 Å². The van der Waals surface area contributed by atoms with Gasteiger partial charge in [-0.1, -0.05) is 0 Å². The van der Waals surface area contributed by atoms with Crippen molar-refractivity contribution in [2.24, 2.45) is 7.05 Å². The number of anilines is 3. The van der Waals surface area contributed by atoms with Crippen molar-refractivity contribution in [3.8, 4) is 22.7 Å². The van der Waals surface area contributed by atoms with Crippen LogP contribution in [0.4, 0.5) is 17.5 Å². The summed E-state index contributed by atoms with van der Waals surface area (Å²) in [5, 5.41) is 10.4. The summed E-state index contributed by atoms with van der Waals surface area (Å²) in [5.41, 5.74) is 2.79. The standard InChI is InChI=1S/C21H19N9O2/c1-12-23-15(8-18(24-12)25-13(2)31)20-21(26-17-6-7-29(3)28-17)27-19-5-4-14(10-30(19)20)16-9-22-11-32-16/h4-11H,1-3H3,(H,26,28)(H,23,24,25,31). The van der Waals surface area contributed by atoms with E-state index in [1.54, 1.807) is 23.9 Å². The second-order valence-electron chi connectivity index (χ2n) is 7.19. The average Bonchev–Trinajstić information content (AvgIpc) is 3.46. The minimum atomic E-state index is -0.216. The Morgan fingerprint density at radius 3 is 2.72 bits per heavy atom. The predicted molar refractivity (Wildman–Crippen MR) is 117 cm³/mol. The minimum absolute atomic E-state index is 0.216. The molecule has 11 nitrogen and oxygen atoms in total. The van der Waals surface area contributed by atoms with E-state index in [4.69, 9.17) is 9.40 Å². The highest BCUT2D eigenvalue weighted by atomic mass is 16.3. The van der Waals surface area contributed by atoms with Crippen molar-refractivity contribution < 1.29 is 9.21 Å². The molecule has 0 atom stereocenters. The number of rotatable bonds is 5. The fraction of sp³-hybridized carbons (Fsp3) is 0.143. The average molecular weight is 429 g/mol. The quantitative estimate of drug-likeness (QED) is 0.436. The molecule has 0 aliphatic heterocycles. The van der Waals surface area contributed by atoms with Crippen molar-refractivity contribution >= 4 is 29.0 Å². The van der Waals surface area contributed by atoms with Gasteiger partial charge in [0.1, 0.15) is 23.0 Å². The lowest BCUT2D eigenvalue weighted by Crippen LogP contribution is -2.09. The first-order valence-electron chi connectivity index (χ1n) is 9.77. The van der Waals surface area contributed by atoms with E-state index in [0.29, 0.717) is 46.1 Å². The number of aryl methyl sites for hydroxylation is 2. The first-order chi connectivity index (χ1) is 15.5. The monoisotopic (exact) mass is 429 g/mol. The molecule has 0 aliphatic rings. The van der Waals surface area contributed by atoms with Crippen LogP contribution in [0.25, 0.3) is 28.4 Å². The molecule has 0 spiro atoms. The van der Waals surface area contributed by atoms with E-state index in [1.807, 2.05) is 42.0 Å².